The van der Waals surface area contributed by atoms with Crippen molar-refractivity contribution in [3.63, 3.8) is 0 Å². The fourth-order valence-electron chi connectivity index (χ4n) is 2.85. The lowest BCUT2D eigenvalue weighted by Gasteiger charge is -2.22. The number of amides is 1. The molecule has 0 aromatic carbocycles. The molecule has 0 spiro atoms. The highest BCUT2D eigenvalue weighted by Crippen LogP contribution is 2.26. The van der Waals surface area contributed by atoms with Crippen LogP contribution in [-0.2, 0) is 0 Å². The van der Waals surface area contributed by atoms with Gasteiger partial charge in [0.1, 0.15) is 0 Å². The van der Waals surface area contributed by atoms with E-state index in [2.05, 4.69) is 17.2 Å². The summed E-state index contributed by atoms with van der Waals surface area (Å²) in [5.41, 5.74) is 1.58. The molecule has 1 fully saturated rings. The number of aromatic nitrogens is 1. The van der Waals surface area contributed by atoms with E-state index in [0.717, 1.165) is 25.2 Å². The third kappa shape index (κ3) is 3.71. The second-order valence-electron chi connectivity index (χ2n) is 5.68. The molecule has 1 aromatic heterocycles. The summed E-state index contributed by atoms with van der Waals surface area (Å²) in [5.74, 6) is 0.747. The Kier molecular flexibility index (Phi) is 5.39. The van der Waals surface area contributed by atoms with Crippen molar-refractivity contribution in [1.29, 1.82) is 0 Å². The van der Waals surface area contributed by atoms with Gasteiger partial charge in [-0.3, -0.25) is 9.78 Å². The Balaban J connectivity index is 2.03. The third-order valence-electron chi connectivity index (χ3n) is 3.97. The predicted octanol–water partition coefficient (Wildman–Crippen LogP) is 3.17. The molecule has 4 nitrogen and oxygen atoms in total. The highest BCUT2D eigenvalue weighted by Gasteiger charge is 2.21. The van der Waals surface area contributed by atoms with Crippen molar-refractivity contribution >= 4 is 11.6 Å². The van der Waals surface area contributed by atoms with Crippen LogP contribution in [0.15, 0.2) is 18.5 Å². The van der Waals surface area contributed by atoms with Gasteiger partial charge < -0.3 is 10.2 Å². The molecule has 4 heteroatoms. The Morgan fingerprint density at radius 3 is 2.90 bits per heavy atom. The Morgan fingerprint density at radius 1 is 1.45 bits per heavy atom. The van der Waals surface area contributed by atoms with Crippen LogP contribution in [0.4, 0.5) is 5.69 Å². The van der Waals surface area contributed by atoms with Gasteiger partial charge in [0.2, 0.25) is 0 Å². The molecule has 0 atom stereocenters. The summed E-state index contributed by atoms with van der Waals surface area (Å²) in [7, 11) is 1.90. The zero-order valence-electron chi connectivity index (χ0n) is 12.6. The molecule has 110 valence electrons. The zero-order chi connectivity index (χ0) is 14.4. The molecule has 1 aliphatic rings. The molecule has 1 aliphatic carbocycles. The van der Waals surface area contributed by atoms with E-state index in [1.54, 1.807) is 12.4 Å². The van der Waals surface area contributed by atoms with Gasteiger partial charge in [0.25, 0.3) is 5.91 Å². The number of hydrogen-bond acceptors (Lipinski definition) is 3. The van der Waals surface area contributed by atoms with Gasteiger partial charge in [-0.1, -0.05) is 19.8 Å². The molecule has 0 unspecified atom stereocenters. The van der Waals surface area contributed by atoms with Crippen LogP contribution < -0.4 is 5.32 Å². The summed E-state index contributed by atoms with van der Waals surface area (Å²) in [5, 5.41) is 3.30. The Labute approximate surface area is 121 Å². The van der Waals surface area contributed by atoms with Crippen LogP contribution in [0, 0.1) is 5.92 Å². The summed E-state index contributed by atoms with van der Waals surface area (Å²) in [6.07, 6.45) is 9.56. The number of anilines is 1. The van der Waals surface area contributed by atoms with Crippen LogP contribution in [0.3, 0.4) is 0 Å². The fraction of sp³-hybridized carbons (Fsp3) is 0.625. The maximum absolute atomic E-state index is 12.6. The molecular formula is C16H25N3O. The van der Waals surface area contributed by atoms with Crippen molar-refractivity contribution < 1.29 is 4.79 Å². The fourth-order valence-corrected chi connectivity index (χ4v) is 2.85. The molecule has 1 N–H and O–H groups in total. The van der Waals surface area contributed by atoms with E-state index in [-0.39, 0.29) is 5.91 Å². The molecule has 1 saturated carbocycles. The minimum atomic E-state index is 0.0728. The van der Waals surface area contributed by atoms with E-state index in [0.29, 0.717) is 11.5 Å². The predicted molar refractivity (Wildman–Crippen MR) is 81.9 cm³/mol. The van der Waals surface area contributed by atoms with Crippen LogP contribution in [0.2, 0.25) is 0 Å². The molecule has 1 amide bonds. The van der Waals surface area contributed by atoms with Crippen LogP contribution in [0.5, 0.6) is 0 Å². The van der Waals surface area contributed by atoms with Crippen molar-refractivity contribution in [2.75, 3.05) is 25.5 Å². The lowest BCUT2D eigenvalue weighted by molar-refractivity contribution is 0.0774. The van der Waals surface area contributed by atoms with E-state index >= 15 is 0 Å². The zero-order valence-corrected chi connectivity index (χ0v) is 12.6. The first kappa shape index (κ1) is 14.8. The van der Waals surface area contributed by atoms with Crippen molar-refractivity contribution in [2.45, 2.75) is 39.0 Å². The van der Waals surface area contributed by atoms with Crippen molar-refractivity contribution in [3.05, 3.63) is 24.0 Å². The minimum Gasteiger partial charge on any atom is -0.384 e. The molecule has 0 saturated heterocycles. The molecule has 0 radical (unpaired) electrons. The van der Waals surface area contributed by atoms with Crippen molar-refractivity contribution in [3.8, 4) is 0 Å². The van der Waals surface area contributed by atoms with Gasteiger partial charge in [0, 0.05) is 32.5 Å². The van der Waals surface area contributed by atoms with Crippen molar-refractivity contribution in [1.82, 2.24) is 9.88 Å². The SMILES string of the molecule is CCCNc1ccncc1C(=O)N(C)CC1CCCC1. The smallest absolute Gasteiger partial charge is 0.257 e. The number of hydrogen-bond donors (Lipinski definition) is 1. The molecule has 2 rings (SSSR count). The van der Waals surface area contributed by atoms with Gasteiger partial charge in [-0.25, -0.2) is 0 Å². The first-order valence-corrected chi connectivity index (χ1v) is 7.65. The standard InChI is InChI=1S/C16H25N3O/c1-3-9-18-15-8-10-17-11-14(15)16(20)19(2)12-13-6-4-5-7-13/h8,10-11,13H,3-7,9,12H2,1-2H3,(H,17,18). The summed E-state index contributed by atoms with van der Waals surface area (Å²) in [4.78, 5) is 18.5. The first-order chi connectivity index (χ1) is 9.72. The first-order valence-electron chi connectivity index (χ1n) is 7.65. The average Bonchev–Trinajstić information content (AvgIpc) is 2.97. The monoisotopic (exact) mass is 275 g/mol. The Morgan fingerprint density at radius 2 is 2.20 bits per heavy atom. The highest BCUT2D eigenvalue weighted by atomic mass is 16.2. The second kappa shape index (κ2) is 7.27. The lowest BCUT2D eigenvalue weighted by Crippen LogP contribution is -2.31. The van der Waals surface area contributed by atoms with Crippen molar-refractivity contribution in [2.24, 2.45) is 5.92 Å². The van der Waals surface area contributed by atoms with Crippen LogP contribution >= 0.6 is 0 Å². The van der Waals surface area contributed by atoms with Gasteiger partial charge in [0.15, 0.2) is 0 Å². The van der Waals surface area contributed by atoms with Gasteiger partial charge in [-0.2, -0.15) is 0 Å². The van der Waals surface area contributed by atoms with Crippen LogP contribution in [0.25, 0.3) is 0 Å². The maximum Gasteiger partial charge on any atom is 0.257 e. The maximum atomic E-state index is 12.6. The highest BCUT2D eigenvalue weighted by molar-refractivity contribution is 5.99. The number of carbonyl (C=O) groups is 1. The second-order valence-corrected chi connectivity index (χ2v) is 5.68. The number of nitrogens with one attached hydrogen (secondary N) is 1. The molecule has 1 aromatic rings. The normalized spacial score (nSPS) is 15.3. The minimum absolute atomic E-state index is 0.0728. The summed E-state index contributed by atoms with van der Waals surface area (Å²) in [6.45, 7) is 3.85. The number of pyridine rings is 1. The topological polar surface area (TPSA) is 45.2 Å². The largest absolute Gasteiger partial charge is 0.384 e. The molecule has 0 aliphatic heterocycles. The summed E-state index contributed by atoms with van der Waals surface area (Å²) < 4.78 is 0. The van der Waals surface area contributed by atoms with E-state index in [4.69, 9.17) is 0 Å². The Bertz CT molecular complexity index is 441. The number of rotatable bonds is 6. The molecule has 0 bridgehead atoms. The van der Waals surface area contributed by atoms with Gasteiger partial charge in [-0.05, 0) is 31.2 Å². The van der Waals surface area contributed by atoms with E-state index in [9.17, 15) is 4.79 Å². The van der Waals surface area contributed by atoms with Gasteiger partial charge in [0.05, 0.1) is 11.3 Å². The van der Waals surface area contributed by atoms with E-state index < -0.39 is 0 Å². The quantitative estimate of drug-likeness (QED) is 0.867. The summed E-state index contributed by atoms with van der Waals surface area (Å²) in [6, 6.07) is 1.88. The number of carbonyl (C=O) groups excluding carboxylic acids is 1. The van der Waals surface area contributed by atoms with Crippen LogP contribution in [-0.4, -0.2) is 35.9 Å². The van der Waals surface area contributed by atoms with Crippen LogP contribution in [0.1, 0.15) is 49.4 Å². The molecule has 20 heavy (non-hydrogen) atoms. The van der Waals surface area contributed by atoms with E-state index in [1.807, 2.05) is 18.0 Å². The average molecular weight is 275 g/mol. The molecular weight excluding hydrogens is 250 g/mol. The Hall–Kier alpha value is -1.58. The number of nitrogens with zero attached hydrogens (tertiary/aromatic N) is 2. The van der Waals surface area contributed by atoms with E-state index in [1.165, 1.54) is 25.7 Å². The van der Waals surface area contributed by atoms with Gasteiger partial charge >= 0.3 is 0 Å². The molecule has 1 heterocycles. The third-order valence-corrected chi connectivity index (χ3v) is 3.97. The lowest BCUT2D eigenvalue weighted by atomic mass is 10.1. The van der Waals surface area contributed by atoms with Gasteiger partial charge in [-0.15, -0.1) is 0 Å². The summed E-state index contributed by atoms with van der Waals surface area (Å²) >= 11 is 0.